The Hall–Kier alpha value is -3.13. The van der Waals surface area contributed by atoms with Crippen LogP contribution in [-0.4, -0.2) is 52.2 Å². The summed E-state index contributed by atoms with van der Waals surface area (Å²) in [6.45, 7) is 2.96. The number of H-pyrrole nitrogens is 2. The van der Waals surface area contributed by atoms with E-state index in [1.54, 1.807) is 24.7 Å². The first-order valence-electron chi connectivity index (χ1n) is 12.7. The van der Waals surface area contributed by atoms with Gasteiger partial charge in [-0.05, 0) is 101 Å². The maximum Gasteiger partial charge on any atom is 0.299 e. The van der Waals surface area contributed by atoms with Gasteiger partial charge in [-0.25, -0.2) is 9.37 Å². The molecule has 0 radical (unpaired) electrons. The maximum absolute atomic E-state index is 13.1. The molecular weight excluding hydrogens is 445 g/mol. The van der Waals surface area contributed by atoms with Crippen LogP contribution in [0, 0.1) is 17.7 Å². The molecule has 184 valence electrons. The SMILES string of the molecule is O=C(NC1CCC(CCN2CCC(C(=O)c3ccc(F)cc3)CC2)CC1)c1cnc2[nH+]c[nH]c2c1. The van der Waals surface area contributed by atoms with E-state index in [1.165, 1.54) is 18.6 Å². The number of nitrogens with zero attached hydrogens (tertiary/aromatic N) is 2. The number of hydrogen-bond acceptors (Lipinski definition) is 4. The van der Waals surface area contributed by atoms with Gasteiger partial charge in [0.25, 0.3) is 11.6 Å². The Bertz CT molecular complexity index is 1160. The first-order valence-corrected chi connectivity index (χ1v) is 12.7. The Kier molecular flexibility index (Phi) is 7.18. The number of halogens is 1. The molecule has 1 saturated heterocycles. The van der Waals surface area contributed by atoms with E-state index in [-0.39, 0.29) is 29.5 Å². The highest BCUT2D eigenvalue weighted by Crippen LogP contribution is 2.28. The monoisotopic (exact) mass is 478 g/mol. The highest BCUT2D eigenvalue weighted by Gasteiger charge is 2.27. The van der Waals surface area contributed by atoms with Gasteiger partial charge >= 0.3 is 0 Å². The number of rotatable bonds is 7. The van der Waals surface area contributed by atoms with Crippen LogP contribution in [-0.2, 0) is 0 Å². The van der Waals surface area contributed by atoms with Gasteiger partial charge in [-0.2, -0.15) is 0 Å². The molecule has 7 nitrogen and oxygen atoms in total. The van der Waals surface area contributed by atoms with Crippen molar-refractivity contribution in [1.29, 1.82) is 0 Å². The Morgan fingerprint density at radius 2 is 1.80 bits per heavy atom. The van der Waals surface area contributed by atoms with Crippen LogP contribution in [0.3, 0.4) is 0 Å². The van der Waals surface area contributed by atoms with Crippen molar-refractivity contribution in [3.8, 4) is 0 Å². The lowest BCUT2D eigenvalue weighted by molar-refractivity contribution is -0.347. The molecule has 0 unspecified atom stereocenters. The number of fused-ring (bicyclic) bond motifs is 1. The lowest BCUT2D eigenvalue weighted by Gasteiger charge is -2.34. The average Bonchev–Trinajstić information content (AvgIpc) is 3.37. The summed E-state index contributed by atoms with van der Waals surface area (Å²) in [5.41, 5.74) is 2.76. The van der Waals surface area contributed by atoms with E-state index in [2.05, 4.69) is 25.2 Å². The number of likely N-dealkylation sites (tertiary alicyclic amines) is 1. The zero-order chi connectivity index (χ0) is 24.2. The first kappa shape index (κ1) is 23.6. The van der Waals surface area contributed by atoms with Crippen LogP contribution in [0.1, 0.15) is 65.7 Å². The number of aromatic nitrogens is 3. The minimum atomic E-state index is -0.307. The van der Waals surface area contributed by atoms with Gasteiger partial charge < -0.3 is 10.2 Å². The molecule has 0 bridgehead atoms. The minimum absolute atomic E-state index is 0.0433. The fourth-order valence-electron chi connectivity index (χ4n) is 5.49. The fourth-order valence-corrected chi connectivity index (χ4v) is 5.49. The molecule has 3 heterocycles. The quantitative estimate of drug-likeness (QED) is 0.506. The molecule has 3 aromatic rings. The third kappa shape index (κ3) is 5.75. The molecule has 2 fully saturated rings. The van der Waals surface area contributed by atoms with E-state index >= 15 is 0 Å². The van der Waals surface area contributed by atoms with Gasteiger partial charge in [-0.1, -0.05) is 0 Å². The smallest absolute Gasteiger partial charge is 0.299 e. The van der Waals surface area contributed by atoms with Crippen LogP contribution < -0.4 is 10.3 Å². The highest BCUT2D eigenvalue weighted by atomic mass is 19.1. The maximum atomic E-state index is 13.1. The standard InChI is InChI=1S/C27H32FN5O2/c28-22-5-3-19(4-6-22)25(34)20-10-13-33(14-11-20)12-9-18-1-7-23(8-2-18)32-27(35)21-15-24-26(29-16-21)31-17-30-24/h3-6,15-18,20,23H,1-2,7-14H2,(H,32,35)(H,29,30,31)/p+1. The fraction of sp³-hybridized carbons (Fsp3) is 0.481. The second-order valence-electron chi connectivity index (χ2n) is 10.0. The van der Waals surface area contributed by atoms with Crippen molar-refractivity contribution in [3.63, 3.8) is 0 Å². The molecule has 2 aromatic heterocycles. The van der Waals surface area contributed by atoms with Crippen LogP contribution in [0.25, 0.3) is 11.2 Å². The van der Waals surface area contributed by atoms with Crippen LogP contribution in [0.2, 0.25) is 0 Å². The molecule has 1 aromatic carbocycles. The van der Waals surface area contributed by atoms with Crippen molar-refractivity contribution >= 4 is 22.9 Å². The number of nitrogens with one attached hydrogen (secondary N) is 3. The van der Waals surface area contributed by atoms with Gasteiger partial charge in [0.15, 0.2) is 17.6 Å². The predicted molar refractivity (Wildman–Crippen MR) is 130 cm³/mol. The molecule has 2 aliphatic rings. The van der Waals surface area contributed by atoms with Gasteiger partial charge in [0.2, 0.25) is 0 Å². The number of ketones is 1. The van der Waals surface area contributed by atoms with Crippen LogP contribution in [0.15, 0.2) is 42.9 Å². The van der Waals surface area contributed by atoms with Gasteiger partial charge in [0.1, 0.15) is 12.0 Å². The molecule has 1 aliphatic heterocycles. The number of hydrogen-bond donors (Lipinski definition) is 2. The van der Waals surface area contributed by atoms with Gasteiger partial charge in [-0.15, -0.1) is 4.98 Å². The zero-order valence-electron chi connectivity index (χ0n) is 19.9. The number of Topliss-reactive ketones (excluding diaryl/α,β-unsaturated/α-hetero) is 1. The predicted octanol–water partition coefficient (Wildman–Crippen LogP) is 3.79. The summed E-state index contributed by atoms with van der Waals surface area (Å²) in [4.78, 5) is 38.1. The number of carbonyl (C=O) groups is 2. The lowest BCUT2D eigenvalue weighted by atomic mass is 9.83. The van der Waals surface area contributed by atoms with Crippen LogP contribution in [0.4, 0.5) is 4.39 Å². The summed E-state index contributed by atoms with van der Waals surface area (Å²) in [6, 6.07) is 7.97. The van der Waals surface area contributed by atoms with E-state index in [9.17, 15) is 14.0 Å². The number of pyridine rings is 1. The summed E-state index contributed by atoms with van der Waals surface area (Å²) in [5.74, 6) is 0.511. The third-order valence-corrected chi connectivity index (χ3v) is 7.71. The summed E-state index contributed by atoms with van der Waals surface area (Å²) < 4.78 is 13.1. The number of aromatic amines is 2. The van der Waals surface area contributed by atoms with Crippen molar-refractivity contribution in [2.45, 2.75) is 51.0 Å². The molecular formula is C27H33FN5O2+. The van der Waals surface area contributed by atoms with Crippen molar-refractivity contribution in [2.24, 2.45) is 11.8 Å². The molecule has 5 rings (SSSR count). The molecule has 0 atom stereocenters. The third-order valence-electron chi connectivity index (χ3n) is 7.71. The second kappa shape index (κ2) is 10.6. The average molecular weight is 479 g/mol. The Balaban J connectivity index is 1.01. The number of amides is 1. The van der Waals surface area contributed by atoms with Crippen molar-refractivity contribution in [1.82, 2.24) is 20.2 Å². The van der Waals surface area contributed by atoms with Crippen LogP contribution in [0.5, 0.6) is 0 Å². The summed E-state index contributed by atoms with van der Waals surface area (Å²) in [7, 11) is 0. The summed E-state index contributed by atoms with van der Waals surface area (Å²) in [6.07, 6.45) is 10.5. The molecule has 1 amide bonds. The van der Waals surface area contributed by atoms with Gasteiger partial charge in [0.05, 0.1) is 5.56 Å². The number of benzene rings is 1. The molecule has 8 heteroatoms. The normalized spacial score (nSPS) is 21.7. The van der Waals surface area contributed by atoms with Gasteiger partial charge in [0, 0.05) is 17.5 Å². The molecule has 1 saturated carbocycles. The van der Waals surface area contributed by atoms with Crippen molar-refractivity contribution in [2.75, 3.05) is 19.6 Å². The van der Waals surface area contributed by atoms with E-state index in [0.717, 1.165) is 69.3 Å². The highest BCUT2D eigenvalue weighted by molar-refractivity contribution is 5.98. The Labute approximate surface area is 204 Å². The molecule has 35 heavy (non-hydrogen) atoms. The molecule has 3 N–H and O–H groups in total. The molecule has 1 aliphatic carbocycles. The van der Waals surface area contributed by atoms with Gasteiger partial charge in [-0.3, -0.25) is 14.6 Å². The molecule has 0 spiro atoms. The van der Waals surface area contributed by atoms with Crippen molar-refractivity contribution < 1.29 is 19.0 Å². The number of imidazole rings is 1. The summed E-state index contributed by atoms with van der Waals surface area (Å²) >= 11 is 0. The summed E-state index contributed by atoms with van der Waals surface area (Å²) in [5, 5.41) is 3.18. The second-order valence-corrected chi connectivity index (χ2v) is 10.0. The lowest BCUT2D eigenvalue weighted by Crippen LogP contribution is -2.39. The van der Waals surface area contributed by atoms with E-state index in [0.29, 0.717) is 17.0 Å². The Morgan fingerprint density at radius 1 is 1.06 bits per heavy atom. The largest absolute Gasteiger partial charge is 0.349 e. The first-order chi connectivity index (χ1) is 17.0. The van der Waals surface area contributed by atoms with Crippen LogP contribution >= 0.6 is 0 Å². The van der Waals surface area contributed by atoms with E-state index in [4.69, 9.17) is 0 Å². The topological polar surface area (TPSA) is 92.2 Å². The Morgan fingerprint density at radius 3 is 2.54 bits per heavy atom. The van der Waals surface area contributed by atoms with Crippen molar-refractivity contribution in [3.05, 3.63) is 59.8 Å². The zero-order valence-corrected chi connectivity index (χ0v) is 19.9. The number of carbonyl (C=O) groups excluding carboxylic acids is 2. The van der Waals surface area contributed by atoms with E-state index < -0.39 is 0 Å². The van der Waals surface area contributed by atoms with E-state index in [1.807, 2.05) is 6.07 Å². The number of piperidine rings is 1. The minimum Gasteiger partial charge on any atom is -0.349 e.